The summed E-state index contributed by atoms with van der Waals surface area (Å²) in [5, 5.41) is 6.27. The molecule has 0 radical (unpaired) electrons. The Labute approximate surface area is 125 Å². The second-order valence-corrected chi connectivity index (χ2v) is 5.90. The predicted octanol–water partition coefficient (Wildman–Crippen LogP) is 2.32. The van der Waals surface area contributed by atoms with Crippen LogP contribution in [0.2, 0.25) is 0 Å². The number of imidazole rings is 1. The SMILES string of the molecule is CC(Cn1ccnc1)NC1C(=O)Nc2ccc(Br)cc21. The molecule has 0 spiro atoms. The summed E-state index contributed by atoms with van der Waals surface area (Å²) in [4.78, 5) is 16.1. The van der Waals surface area contributed by atoms with Crippen molar-refractivity contribution in [3.63, 3.8) is 0 Å². The minimum absolute atomic E-state index is 0.00409. The molecule has 0 saturated carbocycles. The van der Waals surface area contributed by atoms with E-state index < -0.39 is 0 Å². The van der Waals surface area contributed by atoms with E-state index in [1.165, 1.54) is 0 Å². The molecule has 1 aliphatic rings. The predicted molar refractivity (Wildman–Crippen MR) is 80.3 cm³/mol. The van der Waals surface area contributed by atoms with Crippen molar-refractivity contribution in [3.8, 4) is 0 Å². The van der Waals surface area contributed by atoms with E-state index in [4.69, 9.17) is 0 Å². The molecular weight excluding hydrogens is 320 g/mol. The van der Waals surface area contributed by atoms with Gasteiger partial charge >= 0.3 is 0 Å². The van der Waals surface area contributed by atoms with Crippen molar-refractivity contribution in [1.82, 2.24) is 14.9 Å². The summed E-state index contributed by atoms with van der Waals surface area (Å²) in [6, 6.07) is 5.68. The molecule has 6 heteroatoms. The van der Waals surface area contributed by atoms with Gasteiger partial charge in [0.25, 0.3) is 0 Å². The van der Waals surface area contributed by atoms with Gasteiger partial charge in [-0.2, -0.15) is 0 Å². The van der Waals surface area contributed by atoms with Gasteiger partial charge in [-0.15, -0.1) is 0 Å². The molecular formula is C14H15BrN4O. The number of nitrogens with one attached hydrogen (secondary N) is 2. The molecule has 1 aromatic carbocycles. The summed E-state index contributed by atoms with van der Waals surface area (Å²) in [5.41, 5.74) is 1.87. The Morgan fingerprint density at radius 3 is 3.15 bits per heavy atom. The topological polar surface area (TPSA) is 59.0 Å². The highest BCUT2D eigenvalue weighted by Crippen LogP contribution is 2.33. The zero-order chi connectivity index (χ0) is 14.1. The van der Waals surface area contributed by atoms with Gasteiger partial charge in [0.05, 0.1) is 6.33 Å². The third-order valence-electron chi connectivity index (χ3n) is 3.34. The third-order valence-corrected chi connectivity index (χ3v) is 3.83. The van der Waals surface area contributed by atoms with Crippen LogP contribution in [0.4, 0.5) is 5.69 Å². The van der Waals surface area contributed by atoms with E-state index in [9.17, 15) is 4.79 Å². The lowest BCUT2D eigenvalue weighted by Gasteiger charge is -2.19. The van der Waals surface area contributed by atoms with Crippen LogP contribution < -0.4 is 10.6 Å². The van der Waals surface area contributed by atoms with E-state index in [1.54, 1.807) is 12.5 Å². The lowest BCUT2D eigenvalue weighted by atomic mass is 10.1. The fourth-order valence-corrected chi connectivity index (χ4v) is 2.82. The van der Waals surface area contributed by atoms with Crippen LogP contribution in [0, 0.1) is 0 Å². The maximum atomic E-state index is 12.1. The number of fused-ring (bicyclic) bond motifs is 1. The van der Waals surface area contributed by atoms with Gasteiger partial charge < -0.3 is 9.88 Å². The van der Waals surface area contributed by atoms with Crippen molar-refractivity contribution in [3.05, 3.63) is 47.0 Å². The third kappa shape index (κ3) is 2.62. The fourth-order valence-electron chi connectivity index (χ4n) is 2.45. The lowest BCUT2D eigenvalue weighted by molar-refractivity contribution is -0.117. The van der Waals surface area contributed by atoms with Crippen molar-refractivity contribution in [2.75, 3.05) is 5.32 Å². The molecule has 5 nitrogen and oxygen atoms in total. The molecule has 2 heterocycles. The van der Waals surface area contributed by atoms with Crippen molar-refractivity contribution in [1.29, 1.82) is 0 Å². The van der Waals surface area contributed by atoms with Crippen LogP contribution in [0.5, 0.6) is 0 Å². The van der Waals surface area contributed by atoms with Crippen LogP contribution in [-0.4, -0.2) is 21.5 Å². The van der Waals surface area contributed by atoms with Crippen LogP contribution in [0.3, 0.4) is 0 Å². The average Bonchev–Trinajstić information content (AvgIpc) is 3.00. The number of hydrogen-bond acceptors (Lipinski definition) is 3. The lowest BCUT2D eigenvalue weighted by Crippen LogP contribution is -2.36. The van der Waals surface area contributed by atoms with Gasteiger partial charge in [0.15, 0.2) is 0 Å². The van der Waals surface area contributed by atoms with Crippen LogP contribution in [0.1, 0.15) is 18.5 Å². The average molecular weight is 335 g/mol. The summed E-state index contributed by atoms with van der Waals surface area (Å²) in [6.45, 7) is 2.83. The van der Waals surface area contributed by atoms with Crippen LogP contribution in [-0.2, 0) is 11.3 Å². The van der Waals surface area contributed by atoms with Gasteiger partial charge in [0.2, 0.25) is 5.91 Å². The fraction of sp³-hybridized carbons (Fsp3) is 0.286. The normalized spacial score (nSPS) is 18.7. The van der Waals surface area contributed by atoms with Gasteiger partial charge in [0.1, 0.15) is 6.04 Å². The van der Waals surface area contributed by atoms with Crippen molar-refractivity contribution >= 4 is 27.5 Å². The summed E-state index contributed by atoms with van der Waals surface area (Å²) in [7, 11) is 0. The molecule has 0 aliphatic carbocycles. The van der Waals surface area contributed by atoms with Crippen LogP contribution in [0.25, 0.3) is 0 Å². The van der Waals surface area contributed by atoms with E-state index in [2.05, 4.69) is 38.5 Å². The number of benzene rings is 1. The Kier molecular flexibility index (Phi) is 3.58. The summed E-state index contributed by atoms with van der Waals surface area (Å²) >= 11 is 3.45. The molecule has 1 aromatic heterocycles. The minimum Gasteiger partial charge on any atom is -0.336 e. The quantitative estimate of drug-likeness (QED) is 0.902. The van der Waals surface area contributed by atoms with Gasteiger partial charge in [-0.3, -0.25) is 10.1 Å². The Balaban J connectivity index is 1.74. The number of amides is 1. The molecule has 1 aliphatic heterocycles. The number of rotatable bonds is 4. The smallest absolute Gasteiger partial charge is 0.246 e. The maximum absolute atomic E-state index is 12.1. The number of halogens is 1. The Bertz CT molecular complexity index is 626. The van der Waals surface area contributed by atoms with Crippen molar-refractivity contribution in [2.45, 2.75) is 25.6 Å². The first-order valence-electron chi connectivity index (χ1n) is 6.45. The van der Waals surface area contributed by atoms with Crippen LogP contribution >= 0.6 is 15.9 Å². The molecule has 2 atom stereocenters. The first-order chi connectivity index (χ1) is 9.63. The van der Waals surface area contributed by atoms with Crippen molar-refractivity contribution in [2.24, 2.45) is 0 Å². The molecule has 2 N–H and O–H groups in total. The molecule has 3 rings (SSSR count). The van der Waals surface area contributed by atoms with E-state index in [0.29, 0.717) is 0 Å². The highest BCUT2D eigenvalue weighted by Gasteiger charge is 2.31. The van der Waals surface area contributed by atoms with Gasteiger partial charge in [-0.1, -0.05) is 15.9 Å². The number of carbonyl (C=O) groups excluding carboxylic acids is 1. The summed E-state index contributed by atoms with van der Waals surface area (Å²) in [6.07, 6.45) is 5.44. The van der Waals surface area contributed by atoms with Gasteiger partial charge in [-0.25, -0.2) is 4.98 Å². The zero-order valence-corrected chi connectivity index (χ0v) is 12.6. The van der Waals surface area contributed by atoms with E-state index in [0.717, 1.165) is 22.3 Å². The second-order valence-electron chi connectivity index (χ2n) is 4.98. The largest absolute Gasteiger partial charge is 0.336 e. The molecule has 0 fully saturated rings. The van der Waals surface area contributed by atoms with Gasteiger partial charge in [0, 0.05) is 40.7 Å². The summed E-state index contributed by atoms with van der Waals surface area (Å²) < 4.78 is 2.97. The first-order valence-corrected chi connectivity index (χ1v) is 7.25. The molecule has 0 bridgehead atoms. The maximum Gasteiger partial charge on any atom is 0.246 e. The number of carbonyl (C=O) groups is 1. The number of hydrogen-bond donors (Lipinski definition) is 2. The minimum atomic E-state index is -0.305. The summed E-state index contributed by atoms with van der Waals surface area (Å²) in [5.74, 6) is -0.00409. The Morgan fingerprint density at radius 2 is 2.40 bits per heavy atom. The van der Waals surface area contributed by atoms with Crippen LogP contribution in [0.15, 0.2) is 41.4 Å². The van der Waals surface area contributed by atoms with Gasteiger partial charge in [-0.05, 0) is 25.1 Å². The highest BCUT2D eigenvalue weighted by atomic mass is 79.9. The molecule has 1 amide bonds. The Hall–Kier alpha value is -1.66. The zero-order valence-electron chi connectivity index (χ0n) is 11.0. The molecule has 0 saturated heterocycles. The monoisotopic (exact) mass is 334 g/mol. The molecule has 104 valence electrons. The molecule has 2 unspecified atom stereocenters. The standard InChI is InChI=1S/C14H15BrN4O/c1-9(7-19-5-4-16-8-19)17-13-11-6-10(15)2-3-12(11)18-14(13)20/h2-6,8-9,13,17H,7H2,1H3,(H,18,20). The molecule has 20 heavy (non-hydrogen) atoms. The van der Waals surface area contributed by atoms with E-state index >= 15 is 0 Å². The number of anilines is 1. The van der Waals surface area contributed by atoms with Crippen molar-refractivity contribution < 1.29 is 4.79 Å². The highest BCUT2D eigenvalue weighted by molar-refractivity contribution is 9.10. The Morgan fingerprint density at radius 1 is 1.55 bits per heavy atom. The number of nitrogens with zero attached hydrogens (tertiary/aromatic N) is 2. The van der Waals surface area contributed by atoms with E-state index in [-0.39, 0.29) is 18.0 Å². The number of aromatic nitrogens is 2. The molecule has 2 aromatic rings. The second kappa shape index (κ2) is 5.38. The first kappa shape index (κ1) is 13.3. The van der Waals surface area contributed by atoms with E-state index in [1.807, 2.05) is 29.0 Å².